The second-order valence-corrected chi connectivity index (χ2v) is 8.96. The van der Waals surface area contributed by atoms with Crippen molar-refractivity contribution >= 4 is 0 Å². The molecular formula is C28H31N3O2. The van der Waals surface area contributed by atoms with Gasteiger partial charge in [0.1, 0.15) is 5.82 Å². The molecule has 5 heteroatoms. The van der Waals surface area contributed by atoms with Crippen LogP contribution >= 0.6 is 0 Å². The molecule has 5 nitrogen and oxygen atoms in total. The monoisotopic (exact) mass is 441 g/mol. The minimum Gasteiger partial charge on any atom is -0.494 e. The van der Waals surface area contributed by atoms with E-state index in [2.05, 4.69) is 42.2 Å². The fraction of sp³-hybridized carbons (Fsp3) is 0.393. The largest absolute Gasteiger partial charge is 0.494 e. The highest BCUT2D eigenvalue weighted by atomic mass is 16.3. The molecule has 0 spiro atoms. The summed E-state index contributed by atoms with van der Waals surface area (Å²) in [7, 11) is 0. The zero-order valence-electron chi connectivity index (χ0n) is 19.4. The first-order valence-electron chi connectivity index (χ1n) is 12.0. The van der Waals surface area contributed by atoms with E-state index in [4.69, 9.17) is 0 Å². The zero-order chi connectivity index (χ0) is 23.4. The number of hydrogen-bond donors (Lipinski definition) is 1. The number of aryl methyl sites for hydroxylation is 1. The Labute approximate surface area is 195 Å². The molecule has 1 aliphatic carbocycles. The second kappa shape index (κ2) is 10.0. The third-order valence-electron chi connectivity index (χ3n) is 6.53. The highest BCUT2D eigenvalue weighted by Gasteiger charge is 2.25. The lowest BCUT2D eigenvalue weighted by molar-refractivity contribution is 0.368. The predicted molar refractivity (Wildman–Crippen MR) is 130 cm³/mol. The molecule has 1 fully saturated rings. The van der Waals surface area contributed by atoms with Crippen molar-refractivity contribution in [2.24, 2.45) is 0 Å². The SMILES string of the molecule is CCCCc1nc(=O)c(Cc2ccc(C3CC3)cc2)c(O)n1C(CC)c1cccc(C#N)c1. The molecule has 0 amide bonds. The van der Waals surface area contributed by atoms with Crippen molar-refractivity contribution < 1.29 is 5.11 Å². The maximum atomic E-state index is 13.0. The Balaban J connectivity index is 1.77. The quantitative estimate of drug-likeness (QED) is 0.467. The van der Waals surface area contributed by atoms with Crippen LogP contribution in [-0.4, -0.2) is 14.7 Å². The highest BCUT2D eigenvalue weighted by molar-refractivity contribution is 5.38. The molecule has 0 bridgehead atoms. The van der Waals surface area contributed by atoms with Gasteiger partial charge in [0, 0.05) is 12.8 Å². The van der Waals surface area contributed by atoms with Gasteiger partial charge in [-0.25, -0.2) is 0 Å². The van der Waals surface area contributed by atoms with Crippen LogP contribution in [0.25, 0.3) is 0 Å². The van der Waals surface area contributed by atoms with Gasteiger partial charge < -0.3 is 5.11 Å². The van der Waals surface area contributed by atoms with Gasteiger partial charge in [0.15, 0.2) is 0 Å². The third-order valence-corrected chi connectivity index (χ3v) is 6.53. The summed E-state index contributed by atoms with van der Waals surface area (Å²) in [5.74, 6) is 1.27. The molecule has 1 heterocycles. The van der Waals surface area contributed by atoms with Crippen LogP contribution in [0.2, 0.25) is 0 Å². The minimum atomic E-state index is -0.359. The summed E-state index contributed by atoms with van der Waals surface area (Å²) < 4.78 is 1.82. The van der Waals surface area contributed by atoms with Gasteiger partial charge >= 0.3 is 0 Å². The lowest BCUT2D eigenvalue weighted by Crippen LogP contribution is -2.25. The van der Waals surface area contributed by atoms with Gasteiger partial charge in [-0.15, -0.1) is 0 Å². The van der Waals surface area contributed by atoms with Gasteiger partial charge in [-0.3, -0.25) is 9.36 Å². The van der Waals surface area contributed by atoms with Crippen LogP contribution in [0.3, 0.4) is 0 Å². The van der Waals surface area contributed by atoms with Crippen molar-refractivity contribution in [2.75, 3.05) is 0 Å². The maximum Gasteiger partial charge on any atom is 0.280 e. The van der Waals surface area contributed by atoms with Crippen molar-refractivity contribution in [3.8, 4) is 11.9 Å². The first-order valence-corrected chi connectivity index (χ1v) is 12.0. The predicted octanol–water partition coefficient (Wildman–Crippen LogP) is 5.63. The Morgan fingerprint density at radius 2 is 1.94 bits per heavy atom. The van der Waals surface area contributed by atoms with Crippen LogP contribution in [0, 0.1) is 11.3 Å². The number of nitrogens with zero attached hydrogens (tertiary/aromatic N) is 3. The van der Waals surface area contributed by atoms with Gasteiger partial charge in [0.05, 0.1) is 23.2 Å². The highest BCUT2D eigenvalue weighted by Crippen LogP contribution is 2.40. The van der Waals surface area contributed by atoms with E-state index >= 15 is 0 Å². The third kappa shape index (κ3) is 5.01. The molecule has 2 aromatic carbocycles. The molecule has 1 aliphatic rings. The first kappa shape index (κ1) is 22.8. The van der Waals surface area contributed by atoms with Crippen LogP contribution in [0.15, 0.2) is 53.3 Å². The van der Waals surface area contributed by atoms with Gasteiger partial charge in [0.2, 0.25) is 5.88 Å². The van der Waals surface area contributed by atoms with E-state index in [9.17, 15) is 15.2 Å². The fourth-order valence-corrected chi connectivity index (χ4v) is 4.51. The van der Waals surface area contributed by atoms with Crippen molar-refractivity contribution in [3.63, 3.8) is 0 Å². The van der Waals surface area contributed by atoms with Gasteiger partial charge in [-0.2, -0.15) is 10.2 Å². The van der Waals surface area contributed by atoms with E-state index in [1.165, 1.54) is 18.4 Å². The summed E-state index contributed by atoms with van der Waals surface area (Å²) in [6.45, 7) is 4.14. The number of aromatic hydroxyl groups is 1. The summed E-state index contributed by atoms with van der Waals surface area (Å²) in [6.07, 6.45) is 5.99. The molecule has 0 saturated heterocycles. The summed E-state index contributed by atoms with van der Waals surface area (Å²) in [4.78, 5) is 17.4. The Morgan fingerprint density at radius 1 is 1.18 bits per heavy atom. The number of hydrogen-bond acceptors (Lipinski definition) is 4. The minimum absolute atomic E-state index is 0.0124. The molecule has 0 aliphatic heterocycles. The van der Waals surface area contributed by atoms with Crippen LogP contribution < -0.4 is 5.56 Å². The van der Waals surface area contributed by atoms with E-state index in [0.717, 1.165) is 24.0 Å². The molecule has 170 valence electrons. The Bertz CT molecular complexity index is 1220. The van der Waals surface area contributed by atoms with Crippen molar-refractivity contribution in [1.29, 1.82) is 5.26 Å². The molecule has 1 unspecified atom stereocenters. The van der Waals surface area contributed by atoms with E-state index < -0.39 is 0 Å². The van der Waals surface area contributed by atoms with E-state index in [0.29, 0.717) is 42.1 Å². The topological polar surface area (TPSA) is 78.9 Å². The lowest BCUT2D eigenvalue weighted by Gasteiger charge is -2.25. The van der Waals surface area contributed by atoms with Crippen LogP contribution in [0.5, 0.6) is 5.88 Å². The number of nitriles is 1. The van der Waals surface area contributed by atoms with E-state index in [1.807, 2.05) is 29.7 Å². The molecule has 1 aromatic heterocycles. The average molecular weight is 442 g/mol. The summed E-state index contributed by atoms with van der Waals surface area (Å²) in [5, 5.41) is 20.8. The molecule has 1 N–H and O–H groups in total. The molecule has 1 atom stereocenters. The van der Waals surface area contributed by atoms with E-state index in [-0.39, 0.29) is 17.5 Å². The first-order chi connectivity index (χ1) is 16.0. The molecular weight excluding hydrogens is 410 g/mol. The molecule has 33 heavy (non-hydrogen) atoms. The van der Waals surface area contributed by atoms with Gasteiger partial charge in [-0.05, 0) is 60.4 Å². The van der Waals surface area contributed by atoms with E-state index in [1.54, 1.807) is 6.07 Å². The van der Waals surface area contributed by atoms with Gasteiger partial charge in [0.25, 0.3) is 5.56 Å². The fourth-order valence-electron chi connectivity index (χ4n) is 4.51. The number of aromatic nitrogens is 2. The second-order valence-electron chi connectivity index (χ2n) is 8.96. The smallest absolute Gasteiger partial charge is 0.280 e. The zero-order valence-corrected chi connectivity index (χ0v) is 19.4. The molecule has 4 rings (SSSR count). The number of rotatable bonds is 9. The summed E-state index contributed by atoms with van der Waals surface area (Å²) in [5.41, 5.74) is 3.80. The maximum absolute atomic E-state index is 13.0. The van der Waals surface area contributed by atoms with Crippen LogP contribution in [0.4, 0.5) is 0 Å². The summed E-state index contributed by atoms with van der Waals surface area (Å²) in [6, 6.07) is 17.8. The van der Waals surface area contributed by atoms with Crippen LogP contribution in [-0.2, 0) is 12.8 Å². The van der Waals surface area contributed by atoms with Crippen molar-refractivity contribution in [2.45, 2.75) is 70.8 Å². The number of benzene rings is 2. The Morgan fingerprint density at radius 3 is 2.58 bits per heavy atom. The van der Waals surface area contributed by atoms with Gasteiger partial charge in [-0.1, -0.05) is 56.7 Å². The van der Waals surface area contributed by atoms with Crippen molar-refractivity contribution in [1.82, 2.24) is 9.55 Å². The van der Waals surface area contributed by atoms with Crippen molar-refractivity contribution in [3.05, 3.63) is 92.5 Å². The van der Waals surface area contributed by atoms with Crippen LogP contribution in [0.1, 0.15) is 91.6 Å². The molecule has 3 aromatic rings. The standard InChI is InChI=1S/C28H31N3O2/c1-3-5-9-26-30-27(32)24(17-19-10-12-21(13-11-19)22-14-15-22)28(33)31(26)25(4-2)23-8-6-7-20(16-23)18-29/h6-8,10-13,16,22,25,33H,3-5,9,14-15,17H2,1-2H3. The Kier molecular flexibility index (Phi) is 6.93. The molecule has 1 saturated carbocycles. The summed E-state index contributed by atoms with van der Waals surface area (Å²) >= 11 is 0. The Hall–Kier alpha value is -3.39. The normalized spacial score (nSPS) is 14.1. The average Bonchev–Trinajstić information content (AvgIpc) is 3.68. The lowest BCUT2D eigenvalue weighted by atomic mass is 10.00. The molecule has 0 radical (unpaired) electrons. The number of unbranched alkanes of at least 4 members (excludes halogenated alkanes) is 1.